The third-order valence-corrected chi connectivity index (χ3v) is 4.26. The van der Waals surface area contributed by atoms with E-state index in [1.54, 1.807) is 17.6 Å². The molecule has 0 saturated carbocycles. The molecule has 0 saturated heterocycles. The van der Waals surface area contributed by atoms with Crippen molar-refractivity contribution in [2.24, 2.45) is 0 Å². The van der Waals surface area contributed by atoms with Crippen molar-refractivity contribution in [3.63, 3.8) is 0 Å². The first-order chi connectivity index (χ1) is 10.6. The van der Waals surface area contributed by atoms with Gasteiger partial charge in [0.25, 0.3) is 5.91 Å². The SMILES string of the molecule is Cc1ccc(C(=O)c2cccc3c2CCC3C(=O)NO)cc1. The van der Waals surface area contributed by atoms with Gasteiger partial charge in [-0.05, 0) is 30.9 Å². The van der Waals surface area contributed by atoms with Crippen LogP contribution in [0.1, 0.15) is 45.0 Å². The summed E-state index contributed by atoms with van der Waals surface area (Å²) < 4.78 is 0. The minimum atomic E-state index is -0.418. The second-order valence-corrected chi connectivity index (χ2v) is 5.64. The molecule has 3 rings (SSSR count). The smallest absolute Gasteiger partial charge is 0.250 e. The number of nitrogens with one attached hydrogen (secondary N) is 1. The molecule has 4 heteroatoms. The number of benzene rings is 2. The monoisotopic (exact) mass is 295 g/mol. The van der Waals surface area contributed by atoms with Crippen LogP contribution in [0.3, 0.4) is 0 Å². The number of hydrogen-bond donors (Lipinski definition) is 2. The van der Waals surface area contributed by atoms with E-state index in [1.165, 1.54) is 0 Å². The van der Waals surface area contributed by atoms with Gasteiger partial charge in [0.15, 0.2) is 5.78 Å². The van der Waals surface area contributed by atoms with Gasteiger partial charge in [0.05, 0.1) is 5.92 Å². The highest BCUT2D eigenvalue weighted by Gasteiger charge is 2.31. The van der Waals surface area contributed by atoms with Crippen molar-refractivity contribution in [3.8, 4) is 0 Å². The molecule has 4 nitrogen and oxygen atoms in total. The summed E-state index contributed by atoms with van der Waals surface area (Å²) in [6, 6.07) is 12.9. The van der Waals surface area contributed by atoms with Crippen molar-refractivity contribution < 1.29 is 14.8 Å². The highest BCUT2D eigenvalue weighted by atomic mass is 16.5. The number of rotatable bonds is 3. The Bertz CT molecular complexity index is 734. The van der Waals surface area contributed by atoms with Crippen molar-refractivity contribution in [1.82, 2.24) is 5.48 Å². The van der Waals surface area contributed by atoms with Crippen molar-refractivity contribution in [2.75, 3.05) is 0 Å². The van der Waals surface area contributed by atoms with Gasteiger partial charge in [-0.2, -0.15) is 0 Å². The normalized spacial score (nSPS) is 16.2. The molecule has 0 radical (unpaired) electrons. The summed E-state index contributed by atoms with van der Waals surface area (Å²) in [6.07, 6.45) is 1.28. The number of hydroxylamine groups is 1. The van der Waals surface area contributed by atoms with Gasteiger partial charge >= 0.3 is 0 Å². The molecule has 1 atom stereocenters. The molecule has 112 valence electrons. The van der Waals surface area contributed by atoms with Crippen LogP contribution in [0.4, 0.5) is 0 Å². The molecule has 1 amide bonds. The number of aryl methyl sites for hydroxylation is 1. The largest absolute Gasteiger partial charge is 0.289 e. The quantitative estimate of drug-likeness (QED) is 0.520. The number of carbonyl (C=O) groups excluding carboxylic acids is 2. The lowest BCUT2D eigenvalue weighted by atomic mass is 9.93. The van der Waals surface area contributed by atoms with Crippen LogP contribution >= 0.6 is 0 Å². The molecule has 0 fully saturated rings. The Kier molecular flexibility index (Phi) is 3.77. The zero-order chi connectivity index (χ0) is 15.7. The number of amides is 1. The zero-order valence-electron chi connectivity index (χ0n) is 12.3. The number of fused-ring (bicyclic) bond motifs is 1. The minimum Gasteiger partial charge on any atom is -0.289 e. The Morgan fingerprint density at radius 3 is 2.55 bits per heavy atom. The first kappa shape index (κ1) is 14.5. The van der Waals surface area contributed by atoms with E-state index in [0.717, 1.165) is 16.7 Å². The van der Waals surface area contributed by atoms with Gasteiger partial charge in [-0.15, -0.1) is 0 Å². The predicted molar refractivity (Wildman–Crippen MR) is 82.0 cm³/mol. The fourth-order valence-electron chi connectivity index (χ4n) is 3.08. The molecule has 1 aliphatic carbocycles. The maximum absolute atomic E-state index is 12.7. The summed E-state index contributed by atoms with van der Waals surface area (Å²) in [7, 11) is 0. The van der Waals surface area contributed by atoms with E-state index in [2.05, 4.69) is 0 Å². The average molecular weight is 295 g/mol. The Morgan fingerprint density at radius 2 is 1.86 bits per heavy atom. The highest BCUT2D eigenvalue weighted by Crippen LogP contribution is 2.35. The van der Waals surface area contributed by atoms with Crippen LogP contribution < -0.4 is 5.48 Å². The molecule has 0 bridgehead atoms. The third kappa shape index (κ3) is 2.42. The van der Waals surface area contributed by atoms with E-state index in [9.17, 15) is 9.59 Å². The lowest BCUT2D eigenvalue weighted by molar-refractivity contribution is -0.130. The summed E-state index contributed by atoms with van der Waals surface area (Å²) in [5.41, 5.74) is 5.87. The van der Waals surface area contributed by atoms with Gasteiger partial charge in [-0.3, -0.25) is 14.8 Å². The van der Waals surface area contributed by atoms with Gasteiger partial charge in [0, 0.05) is 11.1 Å². The number of hydrogen-bond acceptors (Lipinski definition) is 3. The minimum absolute atomic E-state index is 0.0260. The van der Waals surface area contributed by atoms with E-state index in [-0.39, 0.29) is 11.7 Å². The topological polar surface area (TPSA) is 66.4 Å². The Balaban J connectivity index is 2.00. The van der Waals surface area contributed by atoms with Crippen LogP contribution in [-0.2, 0) is 11.2 Å². The molecule has 0 heterocycles. The van der Waals surface area contributed by atoms with Gasteiger partial charge in [-0.1, -0.05) is 48.0 Å². The van der Waals surface area contributed by atoms with Crippen molar-refractivity contribution >= 4 is 11.7 Å². The van der Waals surface area contributed by atoms with Crippen LogP contribution in [0.2, 0.25) is 0 Å². The molecule has 1 aliphatic rings. The zero-order valence-corrected chi connectivity index (χ0v) is 12.3. The molecule has 1 unspecified atom stereocenters. The first-order valence-corrected chi connectivity index (χ1v) is 7.29. The fourth-order valence-corrected chi connectivity index (χ4v) is 3.08. The lowest BCUT2D eigenvalue weighted by Crippen LogP contribution is -2.24. The van der Waals surface area contributed by atoms with E-state index in [4.69, 9.17) is 5.21 Å². The Labute approximate surface area is 128 Å². The predicted octanol–water partition coefficient (Wildman–Crippen LogP) is 2.76. The van der Waals surface area contributed by atoms with Crippen LogP contribution in [0.5, 0.6) is 0 Å². The summed E-state index contributed by atoms with van der Waals surface area (Å²) in [4.78, 5) is 24.4. The number of ketones is 1. The summed E-state index contributed by atoms with van der Waals surface area (Å²) >= 11 is 0. The van der Waals surface area contributed by atoms with Crippen LogP contribution in [0, 0.1) is 6.92 Å². The van der Waals surface area contributed by atoms with Gasteiger partial charge in [0.1, 0.15) is 0 Å². The summed E-state index contributed by atoms with van der Waals surface area (Å²) in [6.45, 7) is 1.98. The van der Waals surface area contributed by atoms with Crippen molar-refractivity contribution in [1.29, 1.82) is 0 Å². The molecule has 22 heavy (non-hydrogen) atoms. The van der Waals surface area contributed by atoms with Crippen molar-refractivity contribution in [3.05, 3.63) is 70.3 Å². The molecule has 2 aromatic rings. The summed E-state index contributed by atoms with van der Waals surface area (Å²) in [5, 5.41) is 8.84. The molecule has 2 N–H and O–H groups in total. The molecular formula is C18H17NO3. The molecular weight excluding hydrogens is 278 g/mol. The fraction of sp³-hybridized carbons (Fsp3) is 0.222. The van der Waals surface area contributed by atoms with E-state index in [1.807, 2.05) is 37.3 Å². The van der Waals surface area contributed by atoms with Gasteiger partial charge in [-0.25, -0.2) is 5.48 Å². The Morgan fingerprint density at radius 1 is 1.14 bits per heavy atom. The maximum atomic E-state index is 12.7. The lowest BCUT2D eigenvalue weighted by Gasteiger charge is -2.11. The standard InChI is InChI=1S/C18H17NO3/c1-11-5-7-12(8-6-11)17(20)15-4-2-3-13-14(15)9-10-16(13)18(21)19-22/h2-8,16,22H,9-10H2,1H3,(H,19,21). The highest BCUT2D eigenvalue weighted by molar-refractivity contribution is 6.10. The van der Waals surface area contributed by atoms with Gasteiger partial charge < -0.3 is 0 Å². The van der Waals surface area contributed by atoms with Gasteiger partial charge in [0.2, 0.25) is 0 Å². The molecule has 2 aromatic carbocycles. The molecule has 0 aromatic heterocycles. The third-order valence-electron chi connectivity index (χ3n) is 4.26. The number of carbonyl (C=O) groups is 2. The molecule has 0 spiro atoms. The van der Waals surface area contributed by atoms with Crippen LogP contribution in [-0.4, -0.2) is 16.9 Å². The van der Waals surface area contributed by atoms with Crippen molar-refractivity contribution in [2.45, 2.75) is 25.7 Å². The average Bonchev–Trinajstić information content (AvgIpc) is 2.98. The van der Waals surface area contributed by atoms with E-state index >= 15 is 0 Å². The van der Waals surface area contributed by atoms with Crippen LogP contribution in [0.25, 0.3) is 0 Å². The Hall–Kier alpha value is -2.46. The second kappa shape index (κ2) is 5.73. The summed E-state index contributed by atoms with van der Waals surface area (Å²) in [5.74, 6) is -0.827. The second-order valence-electron chi connectivity index (χ2n) is 5.64. The van der Waals surface area contributed by atoms with Crippen LogP contribution in [0.15, 0.2) is 42.5 Å². The first-order valence-electron chi connectivity index (χ1n) is 7.29. The molecule has 0 aliphatic heterocycles. The maximum Gasteiger partial charge on any atom is 0.250 e. The van der Waals surface area contributed by atoms with E-state index < -0.39 is 5.91 Å². The van der Waals surface area contributed by atoms with E-state index in [0.29, 0.717) is 24.0 Å².